The minimum Gasteiger partial charge on any atom is -0.481 e. The molecular weight excluding hydrogens is 248 g/mol. The number of aliphatic carboxylic acids is 1. The van der Waals surface area contributed by atoms with E-state index in [0.29, 0.717) is 13.0 Å². The summed E-state index contributed by atoms with van der Waals surface area (Å²) in [4.78, 5) is 37.8. The maximum atomic E-state index is 12.1. The maximum Gasteiger partial charge on any atom is 0.303 e. The molecule has 1 N–H and O–H groups in total. The summed E-state index contributed by atoms with van der Waals surface area (Å²) in [6.07, 6.45) is 1.68. The van der Waals surface area contributed by atoms with Crippen molar-refractivity contribution in [1.82, 2.24) is 9.80 Å². The van der Waals surface area contributed by atoms with Gasteiger partial charge in [-0.15, -0.1) is 0 Å². The van der Waals surface area contributed by atoms with Gasteiger partial charge in [0.15, 0.2) is 0 Å². The normalized spacial score (nSPS) is 20.2. The van der Waals surface area contributed by atoms with Crippen LogP contribution in [0.3, 0.4) is 0 Å². The molecule has 0 radical (unpaired) electrons. The monoisotopic (exact) mass is 270 g/mol. The molecule has 6 nitrogen and oxygen atoms in total. The molecule has 2 atom stereocenters. The lowest BCUT2D eigenvalue weighted by atomic mass is 10.0. The predicted molar refractivity (Wildman–Crippen MR) is 69.5 cm³/mol. The van der Waals surface area contributed by atoms with E-state index in [1.807, 2.05) is 0 Å². The standard InChI is InChI=1S/C13H22N2O4/c1-9(8-12(17)18)7-11(16)15-6-4-5-10(15)13(19)14(2)3/h9-10H,4-8H2,1-3H3,(H,17,18). The third-order valence-electron chi connectivity index (χ3n) is 3.35. The molecule has 108 valence electrons. The Morgan fingerprint density at radius 1 is 1.32 bits per heavy atom. The molecule has 2 amide bonds. The summed E-state index contributed by atoms with van der Waals surface area (Å²) < 4.78 is 0. The van der Waals surface area contributed by atoms with Crippen LogP contribution in [0.5, 0.6) is 0 Å². The van der Waals surface area contributed by atoms with Crippen LogP contribution < -0.4 is 0 Å². The zero-order chi connectivity index (χ0) is 14.6. The molecule has 0 aliphatic carbocycles. The van der Waals surface area contributed by atoms with Crippen molar-refractivity contribution in [1.29, 1.82) is 0 Å². The number of carboxylic acids is 1. The molecule has 1 aliphatic heterocycles. The van der Waals surface area contributed by atoms with Crippen LogP contribution in [0.15, 0.2) is 0 Å². The molecule has 0 aromatic rings. The molecule has 0 saturated carbocycles. The number of carboxylic acid groups (broad SMARTS) is 1. The van der Waals surface area contributed by atoms with Crippen LogP contribution in [0.2, 0.25) is 0 Å². The van der Waals surface area contributed by atoms with Gasteiger partial charge in [0, 0.05) is 33.5 Å². The Balaban J connectivity index is 2.60. The van der Waals surface area contributed by atoms with E-state index in [1.54, 1.807) is 25.9 Å². The minimum atomic E-state index is -0.900. The van der Waals surface area contributed by atoms with Gasteiger partial charge in [-0.3, -0.25) is 14.4 Å². The molecular formula is C13H22N2O4. The minimum absolute atomic E-state index is 0.0220. The highest BCUT2D eigenvalue weighted by molar-refractivity contribution is 5.88. The molecule has 1 fully saturated rings. The Kier molecular flexibility index (Phi) is 5.32. The summed E-state index contributed by atoms with van der Waals surface area (Å²) in [5, 5.41) is 8.69. The first kappa shape index (κ1) is 15.5. The van der Waals surface area contributed by atoms with Gasteiger partial charge in [0.2, 0.25) is 11.8 Å². The molecule has 0 bridgehead atoms. The fourth-order valence-corrected chi connectivity index (χ4v) is 2.41. The lowest BCUT2D eigenvalue weighted by Crippen LogP contribution is -2.45. The summed E-state index contributed by atoms with van der Waals surface area (Å²) in [5.41, 5.74) is 0. The first-order valence-electron chi connectivity index (χ1n) is 6.55. The fourth-order valence-electron chi connectivity index (χ4n) is 2.41. The number of carbonyl (C=O) groups excluding carboxylic acids is 2. The number of hydrogen-bond donors (Lipinski definition) is 1. The van der Waals surface area contributed by atoms with Crippen molar-refractivity contribution in [2.45, 2.75) is 38.6 Å². The molecule has 19 heavy (non-hydrogen) atoms. The lowest BCUT2D eigenvalue weighted by molar-refractivity contribution is -0.143. The Bertz CT molecular complexity index is 368. The van der Waals surface area contributed by atoms with Crippen LogP contribution in [0.1, 0.15) is 32.6 Å². The van der Waals surface area contributed by atoms with E-state index >= 15 is 0 Å². The second-order valence-corrected chi connectivity index (χ2v) is 5.38. The van der Waals surface area contributed by atoms with Gasteiger partial charge in [-0.25, -0.2) is 0 Å². The average Bonchev–Trinajstić information content (AvgIpc) is 2.74. The van der Waals surface area contributed by atoms with Gasteiger partial charge < -0.3 is 14.9 Å². The Morgan fingerprint density at radius 3 is 2.47 bits per heavy atom. The van der Waals surface area contributed by atoms with Crippen molar-refractivity contribution < 1.29 is 19.5 Å². The smallest absolute Gasteiger partial charge is 0.303 e. The van der Waals surface area contributed by atoms with Crippen LogP contribution in [-0.2, 0) is 14.4 Å². The third-order valence-corrected chi connectivity index (χ3v) is 3.35. The van der Waals surface area contributed by atoms with Crippen LogP contribution >= 0.6 is 0 Å². The second-order valence-electron chi connectivity index (χ2n) is 5.38. The van der Waals surface area contributed by atoms with Gasteiger partial charge in [0.05, 0.1) is 0 Å². The molecule has 0 aromatic heterocycles. The van der Waals surface area contributed by atoms with Gasteiger partial charge in [0.1, 0.15) is 6.04 Å². The highest BCUT2D eigenvalue weighted by Gasteiger charge is 2.35. The summed E-state index contributed by atoms with van der Waals surface area (Å²) >= 11 is 0. The summed E-state index contributed by atoms with van der Waals surface area (Å²) in [6, 6.07) is -0.375. The molecule has 2 unspecified atom stereocenters. The van der Waals surface area contributed by atoms with E-state index in [4.69, 9.17) is 5.11 Å². The van der Waals surface area contributed by atoms with Crippen molar-refractivity contribution in [2.75, 3.05) is 20.6 Å². The van der Waals surface area contributed by atoms with Crippen molar-refractivity contribution >= 4 is 17.8 Å². The molecule has 0 aromatic carbocycles. The second kappa shape index (κ2) is 6.54. The van der Waals surface area contributed by atoms with Gasteiger partial charge in [-0.2, -0.15) is 0 Å². The van der Waals surface area contributed by atoms with E-state index in [-0.39, 0.29) is 36.6 Å². The van der Waals surface area contributed by atoms with Crippen LogP contribution in [0.4, 0.5) is 0 Å². The number of amides is 2. The van der Waals surface area contributed by atoms with E-state index in [9.17, 15) is 14.4 Å². The molecule has 1 aliphatic rings. The number of nitrogens with zero attached hydrogens (tertiary/aromatic N) is 2. The number of hydrogen-bond acceptors (Lipinski definition) is 3. The molecule has 6 heteroatoms. The summed E-state index contributed by atoms with van der Waals surface area (Å²) in [5.74, 6) is -1.29. The first-order chi connectivity index (χ1) is 8.82. The van der Waals surface area contributed by atoms with Crippen molar-refractivity contribution in [3.63, 3.8) is 0 Å². The molecule has 1 heterocycles. The maximum absolute atomic E-state index is 12.1. The van der Waals surface area contributed by atoms with Gasteiger partial charge in [-0.1, -0.05) is 6.92 Å². The SMILES string of the molecule is CC(CC(=O)O)CC(=O)N1CCCC1C(=O)N(C)C. The predicted octanol–water partition coefficient (Wildman–Crippen LogP) is 0.566. The first-order valence-corrected chi connectivity index (χ1v) is 6.55. The van der Waals surface area contributed by atoms with Crippen molar-refractivity contribution in [3.05, 3.63) is 0 Å². The zero-order valence-corrected chi connectivity index (χ0v) is 11.8. The van der Waals surface area contributed by atoms with E-state index in [1.165, 1.54) is 4.90 Å². The molecule has 1 saturated heterocycles. The van der Waals surface area contributed by atoms with Crippen molar-refractivity contribution in [2.24, 2.45) is 5.92 Å². The molecule has 1 rings (SSSR count). The number of likely N-dealkylation sites (tertiary alicyclic amines) is 1. The Labute approximate surface area is 113 Å². The molecule has 0 spiro atoms. The van der Waals surface area contributed by atoms with E-state index in [0.717, 1.165) is 6.42 Å². The topological polar surface area (TPSA) is 77.9 Å². The highest BCUT2D eigenvalue weighted by atomic mass is 16.4. The number of rotatable bonds is 5. The third kappa shape index (κ3) is 4.22. The lowest BCUT2D eigenvalue weighted by Gasteiger charge is -2.27. The fraction of sp³-hybridized carbons (Fsp3) is 0.769. The van der Waals surface area contributed by atoms with Gasteiger partial charge >= 0.3 is 5.97 Å². The van der Waals surface area contributed by atoms with E-state index in [2.05, 4.69) is 0 Å². The Morgan fingerprint density at radius 2 is 1.95 bits per heavy atom. The van der Waals surface area contributed by atoms with Crippen molar-refractivity contribution in [3.8, 4) is 0 Å². The Hall–Kier alpha value is -1.59. The van der Waals surface area contributed by atoms with Gasteiger partial charge in [-0.05, 0) is 18.8 Å². The number of likely N-dealkylation sites (N-methyl/N-ethyl adjacent to an activating group) is 1. The summed E-state index contributed by atoms with van der Waals surface area (Å²) in [7, 11) is 3.35. The largest absolute Gasteiger partial charge is 0.481 e. The quantitative estimate of drug-likeness (QED) is 0.792. The van der Waals surface area contributed by atoms with Crippen LogP contribution in [0.25, 0.3) is 0 Å². The van der Waals surface area contributed by atoms with E-state index < -0.39 is 5.97 Å². The zero-order valence-electron chi connectivity index (χ0n) is 11.8. The number of carbonyl (C=O) groups is 3. The average molecular weight is 270 g/mol. The van der Waals surface area contributed by atoms with Crippen LogP contribution in [0, 0.1) is 5.92 Å². The highest BCUT2D eigenvalue weighted by Crippen LogP contribution is 2.21. The summed E-state index contributed by atoms with van der Waals surface area (Å²) in [6.45, 7) is 2.33. The van der Waals surface area contributed by atoms with Crippen LogP contribution in [-0.4, -0.2) is 59.4 Å². The van der Waals surface area contributed by atoms with Gasteiger partial charge in [0.25, 0.3) is 0 Å².